The number of hydrogen-bond acceptors (Lipinski definition) is 6. The van der Waals surface area contributed by atoms with Gasteiger partial charge in [0, 0.05) is 72.0 Å². The van der Waals surface area contributed by atoms with Crippen LogP contribution in [0.25, 0.3) is 0 Å². The molecule has 0 saturated carbocycles. The van der Waals surface area contributed by atoms with Crippen molar-refractivity contribution in [1.29, 1.82) is 0 Å². The lowest BCUT2D eigenvalue weighted by Crippen LogP contribution is -2.53. The quantitative estimate of drug-likeness (QED) is 0.735. The summed E-state index contributed by atoms with van der Waals surface area (Å²) < 4.78 is 5.43. The van der Waals surface area contributed by atoms with E-state index in [1.165, 1.54) is 0 Å². The van der Waals surface area contributed by atoms with E-state index in [-0.39, 0.29) is 12.5 Å². The molecule has 8 heteroatoms. The SMILES string of the molecule is CC(C)(C)OC(=O)N1CCN(CCN2CCN(CCC(=O)O)CC2)CC1. The molecule has 2 fully saturated rings. The standard InChI is InChI=1S/C18H34N4O4/c1-18(2,3)26-17(25)22-14-12-21(13-15-22)11-10-20-8-6-19(7-9-20)5-4-16(23)24/h4-15H2,1-3H3,(H,23,24). The van der Waals surface area contributed by atoms with Crippen molar-refractivity contribution in [2.45, 2.75) is 32.8 Å². The minimum Gasteiger partial charge on any atom is -0.481 e. The number of carboxylic acids is 1. The van der Waals surface area contributed by atoms with E-state index < -0.39 is 11.6 Å². The predicted molar refractivity (Wildman–Crippen MR) is 99.4 cm³/mol. The zero-order chi connectivity index (χ0) is 19.2. The van der Waals surface area contributed by atoms with Crippen molar-refractivity contribution in [3.63, 3.8) is 0 Å². The van der Waals surface area contributed by atoms with Crippen LogP contribution in [0.5, 0.6) is 0 Å². The molecule has 0 radical (unpaired) electrons. The molecule has 0 aromatic rings. The molecule has 2 aliphatic rings. The number of hydrogen-bond donors (Lipinski definition) is 1. The van der Waals surface area contributed by atoms with Gasteiger partial charge < -0.3 is 19.6 Å². The van der Waals surface area contributed by atoms with E-state index >= 15 is 0 Å². The van der Waals surface area contributed by atoms with E-state index in [0.717, 1.165) is 65.4 Å². The van der Waals surface area contributed by atoms with Gasteiger partial charge in [0.15, 0.2) is 0 Å². The maximum Gasteiger partial charge on any atom is 0.410 e. The second-order valence-corrected chi connectivity index (χ2v) is 8.14. The number of rotatable bonds is 6. The van der Waals surface area contributed by atoms with Crippen LogP contribution in [0.2, 0.25) is 0 Å². The third kappa shape index (κ3) is 7.47. The number of ether oxygens (including phenoxy) is 1. The number of carbonyl (C=O) groups excluding carboxylic acids is 1. The molecule has 0 atom stereocenters. The highest BCUT2D eigenvalue weighted by Crippen LogP contribution is 2.12. The Bertz CT molecular complexity index is 464. The van der Waals surface area contributed by atoms with E-state index in [1.807, 2.05) is 20.8 Å². The Hall–Kier alpha value is -1.38. The van der Waals surface area contributed by atoms with Crippen molar-refractivity contribution in [3.8, 4) is 0 Å². The van der Waals surface area contributed by atoms with Crippen LogP contribution in [-0.4, -0.2) is 114 Å². The number of carboxylic acid groups (broad SMARTS) is 1. The fraction of sp³-hybridized carbons (Fsp3) is 0.889. The second kappa shape index (κ2) is 9.53. The lowest BCUT2D eigenvalue weighted by molar-refractivity contribution is -0.137. The van der Waals surface area contributed by atoms with Crippen LogP contribution in [0.1, 0.15) is 27.2 Å². The first-order valence-electron chi connectivity index (χ1n) is 9.60. The Labute approximate surface area is 156 Å². The fourth-order valence-electron chi connectivity index (χ4n) is 3.25. The number of amides is 1. The Morgan fingerprint density at radius 3 is 1.65 bits per heavy atom. The van der Waals surface area contributed by atoms with Crippen molar-refractivity contribution in [2.24, 2.45) is 0 Å². The van der Waals surface area contributed by atoms with Gasteiger partial charge in [-0.1, -0.05) is 0 Å². The average Bonchev–Trinajstić information content (AvgIpc) is 2.58. The molecule has 1 N–H and O–H groups in total. The maximum absolute atomic E-state index is 12.1. The summed E-state index contributed by atoms with van der Waals surface area (Å²) in [5, 5.41) is 8.76. The summed E-state index contributed by atoms with van der Waals surface area (Å²) in [6.45, 7) is 15.5. The molecular formula is C18H34N4O4. The Morgan fingerprint density at radius 2 is 1.23 bits per heavy atom. The molecule has 26 heavy (non-hydrogen) atoms. The van der Waals surface area contributed by atoms with E-state index in [4.69, 9.17) is 9.84 Å². The van der Waals surface area contributed by atoms with Gasteiger partial charge in [0.2, 0.25) is 0 Å². The number of aliphatic carboxylic acids is 1. The Balaban J connectivity index is 1.59. The number of carbonyl (C=O) groups is 2. The van der Waals surface area contributed by atoms with E-state index in [0.29, 0.717) is 6.54 Å². The van der Waals surface area contributed by atoms with E-state index in [2.05, 4.69) is 14.7 Å². The number of nitrogens with zero attached hydrogens (tertiary/aromatic N) is 4. The largest absolute Gasteiger partial charge is 0.481 e. The van der Waals surface area contributed by atoms with Gasteiger partial charge >= 0.3 is 12.1 Å². The molecule has 0 bridgehead atoms. The van der Waals surface area contributed by atoms with Crippen molar-refractivity contribution in [1.82, 2.24) is 19.6 Å². The van der Waals surface area contributed by atoms with Crippen LogP contribution >= 0.6 is 0 Å². The molecule has 2 heterocycles. The van der Waals surface area contributed by atoms with Crippen LogP contribution in [0, 0.1) is 0 Å². The molecule has 150 valence electrons. The van der Waals surface area contributed by atoms with Gasteiger partial charge in [-0.3, -0.25) is 14.6 Å². The first kappa shape index (κ1) is 20.9. The highest BCUT2D eigenvalue weighted by atomic mass is 16.6. The zero-order valence-corrected chi connectivity index (χ0v) is 16.4. The van der Waals surface area contributed by atoms with Crippen molar-refractivity contribution in [2.75, 3.05) is 72.0 Å². The molecule has 0 spiro atoms. The molecule has 2 aliphatic heterocycles. The minimum absolute atomic E-state index is 0.213. The molecule has 2 saturated heterocycles. The first-order valence-corrected chi connectivity index (χ1v) is 9.60. The summed E-state index contributed by atoms with van der Waals surface area (Å²) in [5.74, 6) is -0.724. The number of piperazine rings is 2. The molecule has 0 aromatic carbocycles. The van der Waals surface area contributed by atoms with Crippen LogP contribution < -0.4 is 0 Å². The zero-order valence-electron chi connectivity index (χ0n) is 16.4. The van der Waals surface area contributed by atoms with Crippen molar-refractivity contribution < 1.29 is 19.4 Å². The van der Waals surface area contributed by atoms with Gasteiger partial charge in [-0.2, -0.15) is 0 Å². The van der Waals surface area contributed by atoms with Crippen LogP contribution in [-0.2, 0) is 9.53 Å². The summed E-state index contributed by atoms with van der Waals surface area (Å²) in [4.78, 5) is 31.6. The molecule has 0 unspecified atom stereocenters. The van der Waals surface area contributed by atoms with Gasteiger partial charge in [-0.05, 0) is 20.8 Å². The smallest absolute Gasteiger partial charge is 0.410 e. The molecule has 2 rings (SSSR count). The lowest BCUT2D eigenvalue weighted by Gasteiger charge is -2.38. The summed E-state index contributed by atoms with van der Waals surface area (Å²) in [6.07, 6.45) is 0.0108. The lowest BCUT2D eigenvalue weighted by atomic mass is 10.2. The van der Waals surface area contributed by atoms with Crippen LogP contribution in [0.3, 0.4) is 0 Å². The average molecular weight is 370 g/mol. The van der Waals surface area contributed by atoms with Gasteiger partial charge in [-0.15, -0.1) is 0 Å². The summed E-state index contributed by atoms with van der Waals surface area (Å²) in [6, 6.07) is 0. The third-order valence-corrected chi connectivity index (χ3v) is 4.86. The van der Waals surface area contributed by atoms with Gasteiger partial charge in [0.25, 0.3) is 0 Å². The van der Waals surface area contributed by atoms with E-state index in [1.54, 1.807) is 4.90 Å². The summed E-state index contributed by atoms with van der Waals surface area (Å²) in [7, 11) is 0. The van der Waals surface area contributed by atoms with Gasteiger partial charge in [-0.25, -0.2) is 4.79 Å². The molecule has 8 nitrogen and oxygen atoms in total. The normalized spacial score (nSPS) is 21.0. The van der Waals surface area contributed by atoms with Crippen molar-refractivity contribution >= 4 is 12.1 Å². The molecular weight excluding hydrogens is 336 g/mol. The van der Waals surface area contributed by atoms with E-state index in [9.17, 15) is 9.59 Å². The topological polar surface area (TPSA) is 76.6 Å². The predicted octanol–water partition coefficient (Wildman–Crippen LogP) is 0.631. The Morgan fingerprint density at radius 1 is 0.808 bits per heavy atom. The summed E-state index contributed by atoms with van der Waals surface area (Å²) in [5.41, 5.74) is -0.444. The molecule has 0 aliphatic carbocycles. The minimum atomic E-state index is -0.724. The van der Waals surface area contributed by atoms with Gasteiger partial charge in [0.05, 0.1) is 6.42 Å². The second-order valence-electron chi connectivity index (χ2n) is 8.14. The third-order valence-electron chi connectivity index (χ3n) is 4.86. The maximum atomic E-state index is 12.1. The summed E-state index contributed by atoms with van der Waals surface area (Å²) >= 11 is 0. The monoisotopic (exact) mass is 370 g/mol. The highest BCUT2D eigenvalue weighted by Gasteiger charge is 2.26. The Kier molecular flexibility index (Phi) is 7.67. The highest BCUT2D eigenvalue weighted by molar-refractivity contribution is 5.68. The van der Waals surface area contributed by atoms with Crippen LogP contribution in [0.15, 0.2) is 0 Å². The van der Waals surface area contributed by atoms with Gasteiger partial charge in [0.1, 0.15) is 5.60 Å². The first-order chi connectivity index (χ1) is 12.2. The fourth-order valence-corrected chi connectivity index (χ4v) is 3.25. The molecule has 1 amide bonds. The van der Waals surface area contributed by atoms with Crippen molar-refractivity contribution in [3.05, 3.63) is 0 Å². The van der Waals surface area contributed by atoms with Crippen LogP contribution in [0.4, 0.5) is 4.79 Å². The molecule has 0 aromatic heterocycles.